The van der Waals surface area contributed by atoms with Crippen molar-refractivity contribution in [3.8, 4) is 0 Å². The van der Waals surface area contributed by atoms with Gasteiger partial charge in [0.05, 0.1) is 11.6 Å². The molecule has 0 unspecified atom stereocenters. The number of hydrogen-bond acceptors (Lipinski definition) is 3. The molecule has 0 saturated heterocycles. The number of carbonyl (C=O) groups is 2. The van der Waals surface area contributed by atoms with E-state index >= 15 is 0 Å². The number of carboxylic acids is 1. The molecule has 0 saturated carbocycles. The highest BCUT2D eigenvalue weighted by Crippen LogP contribution is 2.31. The van der Waals surface area contributed by atoms with Gasteiger partial charge in [0.2, 0.25) is 5.91 Å². The Morgan fingerprint density at radius 3 is 2.57 bits per heavy atom. The van der Waals surface area contributed by atoms with Gasteiger partial charge in [0.25, 0.3) is 0 Å². The monoisotopic (exact) mass is 290 g/mol. The zero-order valence-electron chi connectivity index (χ0n) is 12.7. The summed E-state index contributed by atoms with van der Waals surface area (Å²) in [5.74, 6) is -1.10. The molecule has 0 fully saturated rings. The van der Waals surface area contributed by atoms with Crippen LogP contribution in [0.5, 0.6) is 0 Å². The van der Waals surface area contributed by atoms with E-state index in [9.17, 15) is 14.7 Å². The van der Waals surface area contributed by atoms with Gasteiger partial charge in [-0.15, -0.1) is 0 Å². The van der Waals surface area contributed by atoms with Crippen molar-refractivity contribution in [3.05, 3.63) is 29.3 Å². The highest BCUT2D eigenvalue weighted by molar-refractivity contribution is 6.00. The Kier molecular flexibility index (Phi) is 4.05. The van der Waals surface area contributed by atoms with Gasteiger partial charge in [-0.1, -0.05) is 26.8 Å². The molecule has 0 spiro atoms. The van der Waals surface area contributed by atoms with Crippen LogP contribution in [0.25, 0.3) is 0 Å². The van der Waals surface area contributed by atoms with Crippen LogP contribution in [-0.4, -0.2) is 29.6 Å². The standard InChI is InChI=1S/C16H22N2O3/c1-16(2,3)13(17)14(19)18-9-5-7-10-11(15(20)21)6-4-8-12(10)18/h4,6,8,13H,5,7,9,17H2,1-3H3,(H,20,21)/t13-/m1/s1. The number of benzene rings is 1. The van der Waals surface area contributed by atoms with Gasteiger partial charge in [-0.3, -0.25) is 4.79 Å². The quantitative estimate of drug-likeness (QED) is 0.873. The number of anilines is 1. The first-order valence-electron chi connectivity index (χ1n) is 7.15. The molecule has 0 aliphatic carbocycles. The van der Waals surface area contributed by atoms with Crippen molar-refractivity contribution in [1.82, 2.24) is 0 Å². The second-order valence-electron chi connectivity index (χ2n) is 6.55. The minimum atomic E-state index is -0.957. The summed E-state index contributed by atoms with van der Waals surface area (Å²) < 4.78 is 0. The van der Waals surface area contributed by atoms with Crippen LogP contribution in [-0.2, 0) is 11.2 Å². The van der Waals surface area contributed by atoms with E-state index in [0.717, 1.165) is 12.0 Å². The molecular weight excluding hydrogens is 268 g/mol. The second-order valence-corrected chi connectivity index (χ2v) is 6.55. The van der Waals surface area contributed by atoms with E-state index in [1.165, 1.54) is 0 Å². The predicted octanol–water partition coefficient (Wildman–Crippen LogP) is 2.04. The number of nitrogens with two attached hydrogens (primary N) is 1. The second kappa shape index (κ2) is 5.48. The fraction of sp³-hybridized carbons (Fsp3) is 0.500. The van der Waals surface area contributed by atoms with Gasteiger partial charge in [-0.25, -0.2) is 4.79 Å². The highest BCUT2D eigenvalue weighted by atomic mass is 16.4. The van der Waals surface area contributed by atoms with E-state index in [0.29, 0.717) is 18.7 Å². The molecule has 1 atom stereocenters. The smallest absolute Gasteiger partial charge is 0.336 e. The van der Waals surface area contributed by atoms with Crippen LogP contribution in [0.2, 0.25) is 0 Å². The number of nitrogens with zero attached hydrogens (tertiary/aromatic N) is 1. The van der Waals surface area contributed by atoms with Gasteiger partial charge in [0.15, 0.2) is 0 Å². The molecule has 1 aromatic carbocycles. The summed E-state index contributed by atoms with van der Waals surface area (Å²) in [6, 6.07) is 4.45. The molecule has 0 aromatic heterocycles. The van der Waals surface area contributed by atoms with E-state index < -0.39 is 12.0 Å². The molecule has 1 amide bonds. The van der Waals surface area contributed by atoms with Crippen LogP contribution in [0.15, 0.2) is 18.2 Å². The summed E-state index contributed by atoms with van der Waals surface area (Å²) in [4.78, 5) is 25.6. The Morgan fingerprint density at radius 2 is 2.00 bits per heavy atom. The van der Waals surface area contributed by atoms with Crippen molar-refractivity contribution in [1.29, 1.82) is 0 Å². The van der Waals surface area contributed by atoms with Gasteiger partial charge in [-0.2, -0.15) is 0 Å². The molecule has 5 heteroatoms. The van der Waals surface area contributed by atoms with E-state index in [1.807, 2.05) is 20.8 Å². The minimum absolute atomic E-state index is 0.147. The molecule has 3 N–H and O–H groups in total. The molecule has 5 nitrogen and oxygen atoms in total. The average molecular weight is 290 g/mol. The first kappa shape index (κ1) is 15.5. The van der Waals surface area contributed by atoms with Crippen LogP contribution in [0.3, 0.4) is 0 Å². The number of aromatic carboxylic acids is 1. The topological polar surface area (TPSA) is 83.6 Å². The van der Waals surface area contributed by atoms with Crippen LogP contribution in [0, 0.1) is 5.41 Å². The first-order chi connectivity index (χ1) is 9.73. The van der Waals surface area contributed by atoms with Crippen LogP contribution in [0.4, 0.5) is 5.69 Å². The Hall–Kier alpha value is -1.88. The molecule has 114 valence electrons. The lowest BCUT2D eigenvalue weighted by Gasteiger charge is -2.35. The minimum Gasteiger partial charge on any atom is -0.478 e. The number of hydrogen-bond donors (Lipinski definition) is 2. The summed E-state index contributed by atoms with van der Waals surface area (Å²) in [6.45, 7) is 6.36. The SMILES string of the molecule is CC(C)(C)[C@H](N)C(=O)N1CCCc2c(C(=O)O)cccc21. The number of amides is 1. The zero-order valence-corrected chi connectivity index (χ0v) is 12.7. The summed E-state index contributed by atoms with van der Waals surface area (Å²) >= 11 is 0. The van der Waals surface area contributed by atoms with Crippen LogP contribution in [0.1, 0.15) is 43.1 Å². The zero-order chi connectivity index (χ0) is 15.8. The lowest BCUT2D eigenvalue weighted by Crippen LogP contribution is -2.52. The third-order valence-corrected chi connectivity index (χ3v) is 3.95. The third kappa shape index (κ3) is 2.93. The van der Waals surface area contributed by atoms with Crippen LogP contribution < -0.4 is 10.6 Å². The highest BCUT2D eigenvalue weighted by Gasteiger charge is 2.34. The van der Waals surface area contributed by atoms with Crippen molar-refractivity contribution in [2.75, 3.05) is 11.4 Å². The number of carboxylic acid groups (broad SMARTS) is 1. The number of fused-ring (bicyclic) bond motifs is 1. The lowest BCUT2D eigenvalue weighted by atomic mass is 9.85. The summed E-state index contributed by atoms with van der Waals surface area (Å²) in [5, 5.41) is 9.28. The third-order valence-electron chi connectivity index (χ3n) is 3.95. The van der Waals surface area contributed by atoms with E-state index in [1.54, 1.807) is 23.1 Å². The van der Waals surface area contributed by atoms with Gasteiger partial charge in [-0.05, 0) is 36.0 Å². The van der Waals surface area contributed by atoms with Gasteiger partial charge in [0, 0.05) is 12.2 Å². The Balaban J connectivity index is 2.42. The molecule has 1 aliphatic rings. The lowest BCUT2D eigenvalue weighted by molar-refractivity contribution is -0.122. The Labute approximate surface area is 124 Å². The van der Waals surface area contributed by atoms with Crippen molar-refractivity contribution in [2.45, 2.75) is 39.7 Å². The van der Waals surface area contributed by atoms with Crippen molar-refractivity contribution < 1.29 is 14.7 Å². The fourth-order valence-electron chi connectivity index (χ4n) is 2.59. The molecule has 1 heterocycles. The molecule has 21 heavy (non-hydrogen) atoms. The largest absolute Gasteiger partial charge is 0.478 e. The fourth-order valence-corrected chi connectivity index (χ4v) is 2.59. The molecule has 2 rings (SSSR count). The Morgan fingerprint density at radius 1 is 1.33 bits per heavy atom. The van der Waals surface area contributed by atoms with Crippen LogP contribution >= 0.6 is 0 Å². The maximum absolute atomic E-state index is 12.6. The Bertz CT molecular complexity index is 575. The maximum Gasteiger partial charge on any atom is 0.336 e. The summed E-state index contributed by atoms with van der Waals surface area (Å²) in [7, 11) is 0. The van der Waals surface area contributed by atoms with E-state index in [-0.39, 0.29) is 16.9 Å². The molecule has 0 radical (unpaired) electrons. The molecule has 1 aliphatic heterocycles. The maximum atomic E-state index is 12.6. The summed E-state index contributed by atoms with van der Waals surface area (Å²) in [6.07, 6.45) is 1.42. The molecule has 0 bridgehead atoms. The molecular formula is C16H22N2O3. The van der Waals surface area contributed by atoms with Gasteiger partial charge in [0.1, 0.15) is 0 Å². The van der Waals surface area contributed by atoms with Crippen molar-refractivity contribution >= 4 is 17.6 Å². The predicted molar refractivity (Wildman–Crippen MR) is 81.5 cm³/mol. The first-order valence-corrected chi connectivity index (χ1v) is 7.15. The van der Waals surface area contributed by atoms with Crippen molar-refractivity contribution in [3.63, 3.8) is 0 Å². The number of carbonyl (C=O) groups excluding carboxylic acids is 1. The number of rotatable bonds is 2. The molecule has 1 aromatic rings. The van der Waals surface area contributed by atoms with Gasteiger partial charge >= 0.3 is 5.97 Å². The summed E-state index contributed by atoms with van der Waals surface area (Å²) in [5.41, 5.74) is 7.42. The van der Waals surface area contributed by atoms with Gasteiger partial charge < -0.3 is 15.7 Å². The average Bonchev–Trinajstić information content (AvgIpc) is 2.43. The van der Waals surface area contributed by atoms with E-state index in [4.69, 9.17) is 5.73 Å². The van der Waals surface area contributed by atoms with Crippen molar-refractivity contribution in [2.24, 2.45) is 11.1 Å². The van der Waals surface area contributed by atoms with E-state index in [2.05, 4.69) is 0 Å². The normalized spacial score (nSPS) is 16.3.